The van der Waals surface area contributed by atoms with Gasteiger partial charge in [0.25, 0.3) is 0 Å². The number of fused-ring (bicyclic) bond motifs is 1. The number of benzene rings is 1. The Hall–Kier alpha value is -2.63. The summed E-state index contributed by atoms with van der Waals surface area (Å²) in [6.45, 7) is 7.53. The second-order valence-corrected chi connectivity index (χ2v) is 4.63. The number of carboxylic acid groups (broad SMARTS) is 1. The van der Waals surface area contributed by atoms with Gasteiger partial charge >= 0.3 is 11.9 Å². The fourth-order valence-corrected chi connectivity index (χ4v) is 2.48. The highest BCUT2D eigenvalue weighted by Gasteiger charge is 2.27. The van der Waals surface area contributed by atoms with Gasteiger partial charge in [-0.15, -0.1) is 0 Å². The standard InChI is InChI=1S/C16H16FNO4/c1-4-18-12-7-6-10(17)8-11(12)13(9(3)15(19)20)14(18)16(21)22-5-2/h6-8H,3-5H2,1-2H3,(H,19,20). The number of carbonyl (C=O) groups excluding carboxylic acids is 1. The minimum absolute atomic E-state index is 0.0809. The summed E-state index contributed by atoms with van der Waals surface area (Å²) in [6.07, 6.45) is 0. The molecule has 0 spiro atoms. The molecule has 0 amide bonds. The van der Waals surface area contributed by atoms with E-state index in [1.165, 1.54) is 18.2 Å². The van der Waals surface area contributed by atoms with E-state index in [4.69, 9.17) is 4.74 Å². The summed E-state index contributed by atoms with van der Waals surface area (Å²) < 4.78 is 20.2. The molecule has 0 aliphatic rings. The van der Waals surface area contributed by atoms with Crippen molar-refractivity contribution in [2.24, 2.45) is 0 Å². The molecule has 5 nitrogen and oxygen atoms in total. The topological polar surface area (TPSA) is 68.5 Å². The molecule has 2 aromatic rings. The van der Waals surface area contributed by atoms with Gasteiger partial charge in [-0.3, -0.25) is 0 Å². The Bertz CT molecular complexity index is 776. The average Bonchev–Trinajstić information content (AvgIpc) is 2.79. The van der Waals surface area contributed by atoms with Crippen LogP contribution < -0.4 is 0 Å². The van der Waals surface area contributed by atoms with Gasteiger partial charge in [-0.1, -0.05) is 6.58 Å². The molecule has 0 fully saturated rings. The molecule has 0 saturated heterocycles. The molecule has 0 radical (unpaired) electrons. The highest BCUT2D eigenvalue weighted by Crippen LogP contribution is 2.32. The fraction of sp³-hybridized carbons (Fsp3) is 0.250. The van der Waals surface area contributed by atoms with Crippen LogP contribution in [-0.4, -0.2) is 28.2 Å². The first-order valence-corrected chi connectivity index (χ1v) is 6.83. The van der Waals surface area contributed by atoms with Gasteiger partial charge in [0.1, 0.15) is 11.5 Å². The summed E-state index contributed by atoms with van der Waals surface area (Å²) in [7, 11) is 0. The van der Waals surface area contributed by atoms with Crippen LogP contribution in [0.3, 0.4) is 0 Å². The molecule has 22 heavy (non-hydrogen) atoms. The van der Waals surface area contributed by atoms with Gasteiger partial charge in [-0.25, -0.2) is 14.0 Å². The lowest BCUT2D eigenvalue weighted by atomic mass is 10.0. The lowest BCUT2D eigenvalue weighted by Crippen LogP contribution is -2.14. The maximum absolute atomic E-state index is 13.6. The first-order chi connectivity index (χ1) is 10.4. The maximum Gasteiger partial charge on any atom is 0.355 e. The smallest absolute Gasteiger partial charge is 0.355 e. The first-order valence-electron chi connectivity index (χ1n) is 6.83. The van der Waals surface area contributed by atoms with Crippen molar-refractivity contribution >= 4 is 28.4 Å². The Balaban J connectivity index is 2.89. The number of ether oxygens (including phenoxy) is 1. The zero-order chi connectivity index (χ0) is 16.4. The molecule has 0 saturated carbocycles. The first kappa shape index (κ1) is 15.8. The molecule has 0 aliphatic heterocycles. The molecule has 6 heteroatoms. The van der Waals surface area contributed by atoms with Crippen molar-refractivity contribution in [2.75, 3.05) is 6.61 Å². The third kappa shape index (κ3) is 2.47. The number of esters is 1. The Morgan fingerprint density at radius 2 is 2.05 bits per heavy atom. The molecule has 0 unspecified atom stereocenters. The molecular formula is C16H16FNO4. The minimum Gasteiger partial charge on any atom is -0.478 e. The quantitative estimate of drug-likeness (QED) is 0.681. The van der Waals surface area contributed by atoms with Crippen LogP contribution in [0.2, 0.25) is 0 Å². The predicted octanol–water partition coefficient (Wildman–Crippen LogP) is 3.07. The lowest BCUT2D eigenvalue weighted by Gasteiger charge is -2.09. The highest BCUT2D eigenvalue weighted by atomic mass is 19.1. The number of halogens is 1. The van der Waals surface area contributed by atoms with Crippen LogP contribution in [0.15, 0.2) is 24.8 Å². The van der Waals surface area contributed by atoms with Crippen molar-refractivity contribution in [3.05, 3.63) is 41.9 Å². The van der Waals surface area contributed by atoms with Gasteiger partial charge in [0.15, 0.2) is 0 Å². The van der Waals surface area contributed by atoms with Crippen molar-refractivity contribution in [3.8, 4) is 0 Å². The van der Waals surface area contributed by atoms with Crippen LogP contribution in [0.5, 0.6) is 0 Å². The number of aromatic nitrogens is 1. The van der Waals surface area contributed by atoms with Crippen LogP contribution in [-0.2, 0) is 16.1 Å². The zero-order valence-electron chi connectivity index (χ0n) is 12.4. The molecule has 1 aromatic carbocycles. The summed E-state index contributed by atoms with van der Waals surface area (Å²) in [4.78, 5) is 23.6. The monoisotopic (exact) mass is 305 g/mol. The Morgan fingerprint density at radius 1 is 1.36 bits per heavy atom. The second kappa shape index (κ2) is 6.01. The van der Waals surface area contributed by atoms with E-state index < -0.39 is 17.8 Å². The molecule has 1 aromatic heterocycles. The summed E-state index contributed by atoms with van der Waals surface area (Å²) >= 11 is 0. The van der Waals surface area contributed by atoms with E-state index in [9.17, 15) is 19.1 Å². The van der Waals surface area contributed by atoms with E-state index in [0.29, 0.717) is 17.4 Å². The van der Waals surface area contributed by atoms with Crippen LogP contribution >= 0.6 is 0 Å². The number of hydrogen-bond acceptors (Lipinski definition) is 3. The largest absolute Gasteiger partial charge is 0.478 e. The molecule has 1 heterocycles. The molecule has 0 atom stereocenters. The van der Waals surface area contributed by atoms with Crippen LogP contribution in [0.4, 0.5) is 4.39 Å². The summed E-state index contributed by atoms with van der Waals surface area (Å²) in [5.74, 6) is -2.45. The predicted molar refractivity (Wildman–Crippen MR) is 80.2 cm³/mol. The van der Waals surface area contributed by atoms with E-state index >= 15 is 0 Å². The number of nitrogens with zero attached hydrogens (tertiary/aromatic N) is 1. The summed E-state index contributed by atoms with van der Waals surface area (Å²) in [6, 6.07) is 3.97. The van der Waals surface area contributed by atoms with E-state index in [1.54, 1.807) is 18.4 Å². The number of carboxylic acids is 1. The van der Waals surface area contributed by atoms with Crippen molar-refractivity contribution in [2.45, 2.75) is 20.4 Å². The van der Waals surface area contributed by atoms with E-state index in [1.807, 2.05) is 0 Å². The second-order valence-electron chi connectivity index (χ2n) is 4.63. The van der Waals surface area contributed by atoms with Crippen molar-refractivity contribution in [3.63, 3.8) is 0 Å². The summed E-state index contributed by atoms with van der Waals surface area (Å²) in [5, 5.41) is 9.56. The van der Waals surface area contributed by atoms with E-state index in [-0.39, 0.29) is 23.4 Å². The van der Waals surface area contributed by atoms with Crippen LogP contribution in [0, 0.1) is 5.82 Å². The number of aryl methyl sites for hydroxylation is 1. The Labute approximate surface area is 126 Å². The van der Waals surface area contributed by atoms with Gasteiger partial charge < -0.3 is 14.4 Å². The number of rotatable bonds is 5. The molecule has 0 bridgehead atoms. The van der Waals surface area contributed by atoms with Gasteiger partial charge in [-0.2, -0.15) is 0 Å². The Kier molecular flexibility index (Phi) is 4.30. The highest BCUT2D eigenvalue weighted by molar-refractivity contribution is 6.22. The van der Waals surface area contributed by atoms with E-state index in [0.717, 1.165) is 0 Å². The van der Waals surface area contributed by atoms with Crippen LogP contribution in [0.1, 0.15) is 29.9 Å². The molecule has 1 N–H and O–H groups in total. The molecule has 116 valence electrons. The number of aliphatic carboxylic acids is 1. The van der Waals surface area contributed by atoms with Gasteiger partial charge in [0, 0.05) is 23.0 Å². The normalized spacial score (nSPS) is 10.7. The number of carbonyl (C=O) groups is 2. The summed E-state index contributed by atoms with van der Waals surface area (Å²) in [5.41, 5.74) is 0.467. The van der Waals surface area contributed by atoms with Crippen LogP contribution in [0.25, 0.3) is 16.5 Å². The third-order valence-corrected chi connectivity index (χ3v) is 3.37. The van der Waals surface area contributed by atoms with E-state index in [2.05, 4.69) is 6.58 Å². The van der Waals surface area contributed by atoms with Crippen molar-refractivity contribution < 1.29 is 23.8 Å². The molecule has 2 rings (SSSR count). The minimum atomic E-state index is -1.27. The lowest BCUT2D eigenvalue weighted by molar-refractivity contribution is -0.130. The molecular weight excluding hydrogens is 289 g/mol. The van der Waals surface area contributed by atoms with Crippen molar-refractivity contribution in [1.29, 1.82) is 0 Å². The van der Waals surface area contributed by atoms with Gasteiger partial charge in [0.05, 0.1) is 12.2 Å². The Morgan fingerprint density at radius 3 is 2.59 bits per heavy atom. The number of hydrogen-bond donors (Lipinski definition) is 1. The zero-order valence-corrected chi connectivity index (χ0v) is 12.4. The van der Waals surface area contributed by atoms with Gasteiger partial charge in [0.2, 0.25) is 0 Å². The maximum atomic E-state index is 13.6. The SMILES string of the molecule is C=C(C(=O)O)c1c(C(=O)OCC)n(CC)c2ccc(F)cc12. The van der Waals surface area contributed by atoms with Crippen molar-refractivity contribution in [1.82, 2.24) is 4.57 Å². The van der Waals surface area contributed by atoms with Gasteiger partial charge in [-0.05, 0) is 32.0 Å². The fourth-order valence-electron chi connectivity index (χ4n) is 2.48. The third-order valence-electron chi connectivity index (χ3n) is 3.37. The molecule has 0 aliphatic carbocycles. The average molecular weight is 305 g/mol.